The minimum atomic E-state index is -2.10. The molecule has 264 valence electrons. The van der Waals surface area contributed by atoms with E-state index < -0.39 is 14.4 Å². The van der Waals surface area contributed by atoms with Crippen molar-refractivity contribution >= 4 is 20.1 Å². The number of benzene rings is 2. The van der Waals surface area contributed by atoms with E-state index in [2.05, 4.69) is 59.6 Å². The molecule has 0 aliphatic rings. The molecule has 2 aromatic rings. The van der Waals surface area contributed by atoms with Crippen LogP contribution in [0.3, 0.4) is 0 Å². The molecule has 47 heavy (non-hydrogen) atoms. The Hall–Kier alpha value is -3.01. The van der Waals surface area contributed by atoms with Crippen molar-refractivity contribution < 1.29 is 32.9 Å². The highest BCUT2D eigenvalue weighted by Crippen LogP contribution is 2.46. The first kappa shape index (κ1) is 40.2. The second-order valence-corrected chi connectivity index (χ2v) is 19.3. The van der Waals surface area contributed by atoms with E-state index in [0.717, 1.165) is 17.5 Å². The van der Waals surface area contributed by atoms with Crippen LogP contribution in [0.15, 0.2) is 49.1 Å². The third-order valence-corrected chi connectivity index (χ3v) is 13.1. The summed E-state index contributed by atoms with van der Waals surface area (Å²) in [5, 5.41) is 2.98. The first-order valence-corrected chi connectivity index (χ1v) is 19.7. The topological polar surface area (TPSA) is 84.5 Å². The highest BCUT2D eigenvalue weighted by Gasteiger charge is 2.42. The van der Waals surface area contributed by atoms with Gasteiger partial charge in [0.25, 0.3) is 0 Å². The predicted octanol–water partition coefficient (Wildman–Crippen LogP) is 9.81. The van der Waals surface area contributed by atoms with Crippen molar-refractivity contribution in [2.75, 3.05) is 19.5 Å². The number of nitrogens with one attached hydrogen (secondary N) is 1. The molecule has 2 aromatic carbocycles. The molecule has 0 fully saturated rings. The maximum absolute atomic E-state index is 13.1. The Labute approximate surface area is 285 Å². The Kier molecular flexibility index (Phi) is 15.3. The number of anilines is 1. The summed E-state index contributed by atoms with van der Waals surface area (Å²) in [5.41, 5.74) is 2.15. The molecule has 0 radical (unpaired) electrons. The largest absolute Gasteiger partial charge is 0.492 e. The van der Waals surface area contributed by atoms with E-state index in [1.54, 1.807) is 20.3 Å². The first-order valence-electron chi connectivity index (χ1n) is 16.8. The van der Waals surface area contributed by atoms with Crippen molar-refractivity contribution in [3.63, 3.8) is 0 Å². The van der Waals surface area contributed by atoms with Crippen LogP contribution in [0.25, 0.3) is 0 Å². The summed E-state index contributed by atoms with van der Waals surface area (Å²) in [7, 11) is 1.28. The fraction of sp³-hybridized carbons (Fsp3) is 0.605. The normalized spacial score (nSPS) is 14.7. The van der Waals surface area contributed by atoms with Crippen LogP contribution in [0.2, 0.25) is 18.1 Å². The highest BCUT2D eigenvalue weighted by molar-refractivity contribution is 6.74. The summed E-state index contributed by atoms with van der Waals surface area (Å²) < 4.78 is 37.3. The van der Waals surface area contributed by atoms with Crippen molar-refractivity contribution in [2.45, 2.75) is 124 Å². The van der Waals surface area contributed by atoms with E-state index >= 15 is 0 Å². The van der Waals surface area contributed by atoms with Crippen molar-refractivity contribution in [3.05, 3.63) is 60.2 Å². The van der Waals surface area contributed by atoms with E-state index in [0.29, 0.717) is 29.4 Å². The van der Waals surface area contributed by atoms with Gasteiger partial charge in [-0.3, -0.25) is 5.32 Å². The van der Waals surface area contributed by atoms with Gasteiger partial charge < -0.3 is 28.1 Å². The zero-order valence-corrected chi connectivity index (χ0v) is 32.2. The zero-order valence-electron chi connectivity index (χ0n) is 31.2. The highest BCUT2D eigenvalue weighted by atomic mass is 28.4. The Morgan fingerprint density at radius 2 is 1.57 bits per heavy atom. The van der Waals surface area contributed by atoms with Crippen LogP contribution in [0, 0.1) is 11.8 Å². The predicted molar refractivity (Wildman–Crippen MR) is 194 cm³/mol. The average Bonchev–Trinajstić information content (AvgIpc) is 2.98. The lowest BCUT2D eigenvalue weighted by Gasteiger charge is -2.43. The maximum atomic E-state index is 13.1. The van der Waals surface area contributed by atoms with Gasteiger partial charge in [0.1, 0.15) is 12.4 Å². The standard InChI is InChI=1S/C38H61NO7Si/c1-15-28(7)34(46-47(13,14)38(8,9)10)32(41-11)22-27(6)21-30-35(45-26(4)5)31(23-33(36(30)42-12)44-25(2)3)39-37(40)43-24-29-19-17-16-18-20-29/h15-20,23,25-28,32,34H,1,21-22,24H2,2-14H3,(H,39,40)/t27-,28+,32+,34-/m1/s1. The number of hydrogen-bond donors (Lipinski definition) is 1. The summed E-state index contributed by atoms with van der Waals surface area (Å²) >= 11 is 0. The molecule has 0 saturated heterocycles. The number of carbonyl (C=O) groups is 1. The Morgan fingerprint density at radius 1 is 0.957 bits per heavy atom. The van der Waals surface area contributed by atoms with Crippen LogP contribution in [-0.2, 0) is 26.9 Å². The number of rotatable bonds is 18. The molecule has 0 aliphatic carbocycles. The minimum Gasteiger partial charge on any atom is -0.492 e. The van der Waals surface area contributed by atoms with Crippen molar-refractivity contribution in [1.82, 2.24) is 0 Å². The first-order chi connectivity index (χ1) is 21.9. The van der Waals surface area contributed by atoms with Gasteiger partial charge in [0.2, 0.25) is 0 Å². The number of ether oxygens (including phenoxy) is 5. The van der Waals surface area contributed by atoms with E-state index in [9.17, 15) is 4.79 Å². The molecule has 0 aromatic heterocycles. The van der Waals surface area contributed by atoms with Gasteiger partial charge in [-0.05, 0) is 70.2 Å². The zero-order chi connectivity index (χ0) is 35.5. The minimum absolute atomic E-state index is 0.0506. The Bertz CT molecular complexity index is 1270. The number of carbonyl (C=O) groups excluding carboxylic acids is 1. The van der Waals surface area contributed by atoms with Gasteiger partial charge in [0, 0.05) is 24.7 Å². The summed E-state index contributed by atoms with van der Waals surface area (Å²) in [5.74, 6) is 1.82. The van der Waals surface area contributed by atoms with Gasteiger partial charge in [-0.25, -0.2) is 4.79 Å². The van der Waals surface area contributed by atoms with Gasteiger partial charge in [0.15, 0.2) is 19.8 Å². The molecule has 8 nitrogen and oxygen atoms in total. The molecule has 4 atom stereocenters. The average molecular weight is 672 g/mol. The third kappa shape index (κ3) is 11.9. The fourth-order valence-corrected chi connectivity index (χ4v) is 6.53. The van der Waals surface area contributed by atoms with Crippen LogP contribution in [0.1, 0.15) is 79.9 Å². The monoisotopic (exact) mass is 671 g/mol. The quantitative estimate of drug-likeness (QED) is 0.125. The van der Waals surface area contributed by atoms with E-state index in [1.807, 2.05) is 64.1 Å². The van der Waals surface area contributed by atoms with Crippen LogP contribution in [-0.4, -0.2) is 53.0 Å². The summed E-state index contributed by atoms with van der Waals surface area (Å²) in [6.07, 6.45) is 2.02. The lowest BCUT2D eigenvalue weighted by Crippen LogP contribution is -2.49. The van der Waals surface area contributed by atoms with Crippen LogP contribution >= 0.6 is 0 Å². The molecule has 0 heterocycles. The SMILES string of the molecule is C=C[C@H](C)[C@@H](O[Si](C)(C)C(C)(C)C)[C@H](C[C@H](C)Cc1c(OC(C)C)c(NC(=O)OCc2ccccc2)cc(OC(C)C)c1OC)OC. The Balaban J connectivity index is 2.52. The summed E-state index contributed by atoms with van der Waals surface area (Å²) in [4.78, 5) is 13.1. The van der Waals surface area contributed by atoms with E-state index in [1.165, 1.54) is 0 Å². The number of methoxy groups -OCH3 is 2. The molecule has 1 amide bonds. The van der Waals surface area contributed by atoms with Gasteiger partial charge in [-0.15, -0.1) is 6.58 Å². The maximum Gasteiger partial charge on any atom is 0.412 e. The molecular formula is C38H61NO7Si. The second-order valence-electron chi connectivity index (χ2n) is 14.5. The van der Waals surface area contributed by atoms with Gasteiger partial charge in [-0.1, -0.05) is 71.0 Å². The molecule has 0 aliphatic heterocycles. The third-order valence-electron chi connectivity index (χ3n) is 8.65. The van der Waals surface area contributed by atoms with Crippen LogP contribution in [0.4, 0.5) is 10.5 Å². The fourth-order valence-electron chi connectivity index (χ4n) is 5.13. The molecule has 1 N–H and O–H groups in total. The van der Waals surface area contributed by atoms with Crippen LogP contribution < -0.4 is 19.5 Å². The summed E-state index contributed by atoms with van der Waals surface area (Å²) in [6.45, 7) is 27.6. The van der Waals surface area contributed by atoms with E-state index in [-0.39, 0.29) is 47.9 Å². The molecule has 0 bridgehead atoms. The molecule has 0 spiro atoms. The smallest absolute Gasteiger partial charge is 0.412 e. The number of amides is 1. The second kappa shape index (κ2) is 17.9. The van der Waals surface area contributed by atoms with Crippen molar-refractivity contribution in [2.24, 2.45) is 11.8 Å². The van der Waals surface area contributed by atoms with Crippen LogP contribution in [0.5, 0.6) is 17.2 Å². The van der Waals surface area contributed by atoms with E-state index in [4.69, 9.17) is 28.1 Å². The number of hydrogen-bond acceptors (Lipinski definition) is 7. The van der Waals surface area contributed by atoms with Crippen molar-refractivity contribution in [1.29, 1.82) is 0 Å². The molecule has 9 heteroatoms. The van der Waals surface area contributed by atoms with Gasteiger partial charge >= 0.3 is 6.09 Å². The van der Waals surface area contributed by atoms with Crippen molar-refractivity contribution in [3.8, 4) is 17.2 Å². The lowest BCUT2D eigenvalue weighted by atomic mass is 9.89. The molecule has 0 unspecified atom stereocenters. The van der Waals surface area contributed by atoms with Gasteiger partial charge in [0.05, 0.1) is 37.2 Å². The molecule has 2 rings (SSSR count). The van der Waals surface area contributed by atoms with Gasteiger partial charge in [-0.2, -0.15) is 0 Å². The lowest BCUT2D eigenvalue weighted by molar-refractivity contribution is -0.0324. The molecular weight excluding hydrogens is 611 g/mol. The summed E-state index contributed by atoms with van der Waals surface area (Å²) in [6, 6.07) is 11.3. The molecule has 0 saturated carbocycles. The Morgan fingerprint density at radius 3 is 2.09 bits per heavy atom.